The molecule has 0 aliphatic heterocycles. The maximum atomic E-state index is 14.5. The lowest BCUT2D eigenvalue weighted by molar-refractivity contribution is -0.143. The number of H-pyrrole nitrogens is 1. The lowest BCUT2D eigenvalue weighted by Crippen LogP contribution is -2.21. The summed E-state index contributed by atoms with van der Waals surface area (Å²) in [5, 5.41) is 9.74. The van der Waals surface area contributed by atoms with Gasteiger partial charge in [0.2, 0.25) is 0 Å². The van der Waals surface area contributed by atoms with E-state index >= 15 is 0 Å². The molecule has 4 heterocycles. The largest absolute Gasteiger partial charge is 0.434 e. The summed E-state index contributed by atoms with van der Waals surface area (Å²) in [6.07, 6.45) is -0.660. The van der Waals surface area contributed by atoms with Crippen LogP contribution in [0.4, 0.5) is 13.2 Å². The number of nitrogens with one attached hydrogen (secondary N) is 1. The van der Waals surface area contributed by atoms with Crippen molar-refractivity contribution in [3.63, 3.8) is 0 Å². The van der Waals surface area contributed by atoms with Crippen molar-refractivity contribution in [3.05, 3.63) is 82.7 Å². The van der Waals surface area contributed by atoms with Gasteiger partial charge in [-0.15, -0.1) is 0 Å². The van der Waals surface area contributed by atoms with Crippen molar-refractivity contribution in [1.29, 1.82) is 0 Å². The van der Waals surface area contributed by atoms with E-state index in [1.807, 2.05) is 0 Å². The smallest absolute Gasteiger partial charge is 0.365 e. The monoisotopic (exact) mass is 535 g/mol. The van der Waals surface area contributed by atoms with Gasteiger partial charge >= 0.3 is 6.18 Å². The Kier molecular flexibility index (Phi) is 5.13. The maximum Gasteiger partial charge on any atom is 0.434 e. The molecule has 0 unspecified atom stereocenters. The Hall–Kier alpha value is -4.93. The lowest BCUT2D eigenvalue weighted by atomic mass is 10.0. The van der Waals surface area contributed by atoms with Gasteiger partial charge in [-0.2, -0.15) is 23.4 Å². The number of hydrogen-bond acceptors (Lipinski definition) is 5. The van der Waals surface area contributed by atoms with Gasteiger partial charge in [0.25, 0.3) is 5.91 Å². The van der Waals surface area contributed by atoms with E-state index in [0.29, 0.717) is 26.5 Å². The van der Waals surface area contributed by atoms with Crippen LogP contribution < -0.4 is 11.1 Å². The van der Waals surface area contributed by atoms with Crippen molar-refractivity contribution in [2.45, 2.75) is 6.18 Å². The van der Waals surface area contributed by atoms with Crippen LogP contribution in [0.3, 0.4) is 0 Å². The van der Waals surface area contributed by atoms with Crippen LogP contribution in [0.15, 0.2) is 61.1 Å². The highest BCUT2D eigenvalue weighted by Crippen LogP contribution is 2.40. The number of pyridine rings is 1. The minimum Gasteiger partial charge on any atom is -0.365 e. The second-order valence-corrected chi connectivity index (χ2v) is 8.69. The number of amides is 1. The van der Waals surface area contributed by atoms with Crippen LogP contribution in [-0.4, -0.2) is 41.4 Å². The van der Waals surface area contributed by atoms with Crippen molar-refractivity contribution in [2.75, 3.05) is 0 Å². The first kappa shape index (κ1) is 23.5. The van der Waals surface area contributed by atoms with E-state index in [-0.39, 0.29) is 33.0 Å². The summed E-state index contributed by atoms with van der Waals surface area (Å²) in [4.78, 5) is 30.8. The molecular formula is C25H13ClF3N7O2. The summed E-state index contributed by atoms with van der Waals surface area (Å²) in [5.74, 6) is 0.447. The Balaban J connectivity index is 1.66. The first-order valence-electron chi connectivity index (χ1n) is 10.9. The van der Waals surface area contributed by atoms with Crippen molar-refractivity contribution in [2.24, 2.45) is 5.73 Å². The summed E-state index contributed by atoms with van der Waals surface area (Å²) in [5.41, 5.74) is 3.80. The quantitative estimate of drug-likeness (QED) is 0.356. The summed E-state index contributed by atoms with van der Waals surface area (Å²) in [7, 11) is 0. The molecule has 0 fully saturated rings. The fraction of sp³-hybridized carbons (Fsp3) is 0.0400. The van der Waals surface area contributed by atoms with E-state index in [1.165, 1.54) is 23.0 Å². The highest BCUT2D eigenvalue weighted by Gasteiger charge is 2.43. The van der Waals surface area contributed by atoms with Gasteiger partial charge < -0.3 is 10.7 Å². The number of aromatic amines is 1. The number of halogens is 4. The third-order valence-corrected chi connectivity index (χ3v) is 6.41. The van der Waals surface area contributed by atoms with Crippen LogP contribution in [0.2, 0.25) is 5.02 Å². The van der Waals surface area contributed by atoms with E-state index in [2.05, 4.69) is 20.2 Å². The Morgan fingerprint density at radius 1 is 1.11 bits per heavy atom. The standard InChI is InChI=1S/C25H13ClF3N7O2/c26-15-9-12(5-6-17(15)35-8-2-7-32-35)21-20(23(30)38)22(25(27,28)29)36(34-21)18-10-31-24-19-13(16(11-37)33-24)3-1-4-14(18)19/h1-10H,(H2,30,38)(H,31,33). The van der Waals surface area contributed by atoms with Crippen molar-refractivity contribution < 1.29 is 22.8 Å². The molecule has 188 valence electrons. The van der Waals surface area contributed by atoms with Crippen LogP contribution in [0.1, 0.15) is 16.1 Å². The molecule has 0 spiro atoms. The molecule has 6 rings (SSSR count). The molecule has 38 heavy (non-hydrogen) atoms. The van der Waals surface area contributed by atoms with Crippen LogP contribution in [0.5, 0.6) is 0 Å². The number of carbonyl (C=O) groups excluding carboxylic acids is 2. The number of carbonyl (C=O) groups is 1. The fourth-order valence-corrected chi connectivity index (χ4v) is 4.83. The average Bonchev–Trinajstić information content (AvgIpc) is 3.62. The molecule has 13 heteroatoms. The Morgan fingerprint density at radius 3 is 2.55 bits per heavy atom. The number of aromatic nitrogens is 6. The number of alkyl halides is 3. The minimum atomic E-state index is -5.02. The highest BCUT2D eigenvalue weighted by atomic mass is 35.5. The predicted octanol–water partition coefficient (Wildman–Crippen LogP) is 3.75. The molecule has 0 radical (unpaired) electrons. The topological polar surface area (TPSA) is 124 Å². The van der Waals surface area contributed by atoms with Gasteiger partial charge in [0.15, 0.2) is 11.6 Å². The number of benzene rings is 2. The fourth-order valence-electron chi connectivity index (χ4n) is 4.56. The van der Waals surface area contributed by atoms with Gasteiger partial charge in [0.1, 0.15) is 16.7 Å². The zero-order chi connectivity index (χ0) is 26.8. The Labute approximate surface area is 214 Å². The molecule has 9 nitrogen and oxygen atoms in total. The zero-order valence-electron chi connectivity index (χ0n) is 18.9. The molecule has 1 amide bonds. The molecule has 4 aromatic heterocycles. The van der Waals surface area contributed by atoms with Gasteiger partial charge in [0, 0.05) is 34.1 Å². The van der Waals surface area contributed by atoms with Crippen LogP contribution in [-0.2, 0) is 11.0 Å². The molecule has 0 aliphatic carbocycles. The molecular weight excluding hydrogens is 523 g/mol. The van der Waals surface area contributed by atoms with Gasteiger partial charge in [-0.05, 0) is 18.2 Å². The SMILES string of the molecule is NC(=O)c1c(-c2ccc(-n3cccn3)c(Cl)c2)nn(-c2cnc3[nH]c(=C=O)c4cccc2c34)c1C(F)(F)F. The zero-order valence-corrected chi connectivity index (χ0v) is 19.7. The van der Waals surface area contributed by atoms with E-state index in [1.54, 1.807) is 48.7 Å². The second-order valence-electron chi connectivity index (χ2n) is 8.29. The van der Waals surface area contributed by atoms with E-state index < -0.39 is 23.3 Å². The lowest BCUT2D eigenvalue weighted by Gasteiger charge is -2.13. The van der Waals surface area contributed by atoms with E-state index in [4.69, 9.17) is 17.3 Å². The Morgan fingerprint density at radius 2 is 1.89 bits per heavy atom. The normalized spacial score (nSPS) is 11.9. The predicted molar refractivity (Wildman–Crippen MR) is 132 cm³/mol. The van der Waals surface area contributed by atoms with Gasteiger partial charge in [-0.1, -0.05) is 35.9 Å². The third-order valence-electron chi connectivity index (χ3n) is 6.11. The second kappa shape index (κ2) is 8.30. The van der Waals surface area contributed by atoms with Crippen molar-refractivity contribution in [1.82, 2.24) is 29.5 Å². The molecule has 0 saturated carbocycles. The number of nitrogens with zero attached hydrogens (tertiary/aromatic N) is 5. The first-order valence-corrected chi connectivity index (χ1v) is 11.3. The molecule has 3 N–H and O–H groups in total. The number of nitrogens with two attached hydrogens (primary N) is 1. The molecule has 0 saturated heterocycles. The number of primary amides is 1. The van der Waals surface area contributed by atoms with Crippen molar-refractivity contribution >= 4 is 45.3 Å². The van der Waals surface area contributed by atoms with Gasteiger partial charge in [-0.25, -0.2) is 19.1 Å². The van der Waals surface area contributed by atoms with Gasteiger partial charge in [-0.3, -0.25) is 4.79 Å². The first-order chi connectivity index (χ1) is 18.2. The summed E-state index contributed by atoms with van der Waals surface area (Å²) >= 11 is 6.42. The van der Waals surface area contributed by atoms with Crippen molar-refractivity contribution in [3.8, 4) is 22.6 Å². The van der Waals surface area contributed by atoms with Crippen LogP contribution in [0, 0.1) is 0 Å². The highest BCUT2D eigenvalue weighted by molar-refractivity contribution is 6.32. The van der Waals surface area contributed by atoms with Gasteiger partial charge in [0.05, 0.1) is 28.2 Å². The summed E-state index contributed by atoms with van der Waals surface area (Å²) in [6, 6.07) is 10.8. The van der Waals surface area contributed by atoms with E-state index in [0.717, 1.165) is 0 Å². The molecule has 0 aliphatic rings. The molecule has 0 bridgehead atoms. The Bertz CT molecular complexity index is 1970. The number of rotatable bonds is 4. The summed E-state index contributed by atoms with van der Waals surface area (Å²) in [6.45, 7) is 0. The average molecular weight is 536 g/mol. The van der Waals surface area contributed by atoms with E-state index in [9.17, 15) is 22.8 Å². The maximum absolute atomic E-state index is 14.5. The third kappa shape index (κ3) is 3.46. The molecule has 6 aromatic rings. The van der Waals surface area contributed by atoms with Crippen LogP contribution >= 0.6 is 11.6 Å². The molecule has 0 atom stereocenters. The van der Waals surface area contributed by atoms with Crippen LogP contribution in [0.25, 0.3) is 44.4 Å². The summed E-state index contributed by atoms with van der Waals surface area (Å²) < 4.78 is 45.6. The number of hydrogen-bond donors (Lipinski definition) is 2. The minimum absolute atomic E-state index is 0.0696. The molecule has 2 aromatic carbocycles.